The average molecular weight is 416 g/mol. The van der Waals surface area contributed by atoms with Crippen LogP contribution in [0.1, 0.15) is 24.0 Å². The lowest BCUT2D eigenvalue weighted by atomic mass is 9.95. The number of carbonyl (C=O) groups is 1. The average Bonchev–Trinajstić information content (AvgIpc) is 2.69. The second-order valence-electron chi connectivity index (χ2n) is 7.75. The van der Waals surface area contributed by atoms with E-state index in [0.29, 0.717) is 11.4 Å². The number of likely N-dealkylation sites (tertiary alicyclic amines) is 1. The van der Waals surface area contributed by atoms with E-state index >= 15 is 0 Å². The van der Waals surface area contributed by atoms with Crippen molar-refractivity contribution in [3.8, 4) is 0 Å². The van der Waals surface area contributed by atoms with E-state index in [-0.39, 0.29) is 11.8 Å². The van der Waals surface area contributed by atoms with Crippen LogP contribution < -0.4 is 9.62 Å². The Morgan fingerprint density at radius 1 is 1.14 bits per heavy atom. The Morgan fingerprint density at radius 3 is 2.48 bits per heavy atom. The highest BCUT2D eigenvalue weighted by Crippen LogP contribution is 2.24. The number of anilines is 2. The maximum absolute atomic E-state index is 12.7. The normalized spacial score (nSPS) is 15.8. The van der Waals surface area contributed by atoms with Crippen molar-refractivity contribution in [2.45, 2.75) is 26.3 Å². The first kappa shape index (κ1) is 21.3. The summed E-state index contributed by atoms with van der Waals surface area (Å²) < 4.78 is 24.7. The molecule has 0 aliphatic carbocycles. The highest BCUT2D eigenvalue weighted by Gasteiger charge is 2.25. The Labute approximate surface area is 173 Å². The summed E-state index contributed by atoms with van der Waals surface area (Å²) >= 11 is 0. The summed E-state index contributed by atoms with van der Waals surface area (Å²) in [6.45, 7) is 4.83. The second kappa shape index (κ2) is 8.97. The summed E-state index contributed by atoms with van der Waals surface area (Å²) in [7, 11) is -1.84. The lowest BCUT2D eigenvalue weighted by Crippen LogP contribution is -2.37. The number of benzene rings is 2. The molecule has 156 valence electrons. The molecule has 1 aliphatic heterocycles. The minimum Gasteiger partial charge on any atom is -0.326 e. The summed E-state index contributed by atoms with van der Waals surface area (Å²) in [5.41, 5.74) is 3.78. The van der Waals surface area contributed by atoms with Crippen LogP contribution in [0.5, 0.6) is 0 Å². The monoisotopic (exact) mass is 415 g/mol. The van der Waals surface area contributed by atoms with E-state index in [1.165, 1.54) is 22.5 Å². The third-order valence-corrected chi connectivity index (χ3v) is 6.79. The standard InChI is InChI=1S/C22H29N3O3S/c1-17-7-4-5-8-19(17)16-25-13-11-18(12-14-25)22(26)23-20-9-6-10-21(15-20)24(2)29(3,27)28/h4-10,15,18H,11-14,16H2,1-3H3,(H,23,26). The van der Waals surface area contributed by atoms with Gasteiger partial charge in [0.25, 0.3) is 0 Å². The van der Waals surface area contributed by atoms with Crippen molar-refractivity contribution >= 4 is 27.3 Å². The van der Waals surface area contributed by atoms with Gasteiger partial charge in [-0.3, -0.25) is 14.0 Å². The van der Waals surface area contributed by atoms with E-state index in [1.54, 1.807) is 24.3 Å². The van der Waals surface area contributed by atoms with Gasteiger partial charge >= 0.3 is 0 Å². The molecule has 2 aromatic rings. The first-order chi connectivity index (χ1) is 13.7. The molecule has 6 nitrogen and oxygen atoms in total. The number of nitrogens with one attached hydrogen (secondary N) is 1. The van der Waals surface area contributed by atoms with Crippen LogP contribution in [-0.4, -0.2) is 45.6 Å². The number of rotatable bonds is 6. The maximum Gasteiger partial charge on any atom is 0.231 e. The second-order valence-corrected chi connectivity index (χ2v) is 9.76. The maximum atomic E-state index is 12.7. The van der Waals surface area contributed by atoms with Gasteiger partial charge in [0.15, 0.2) is 0 Å². The zero-order chi connectivity index (χ0) is 21.0. The number of amides is 1. The largest absolute Gasteiger partial charge is 0.326 e. The molecule has 1 fully saturated rings. The molecule has 0 bridgehead atoms. The molecule has 3 rings (SSSR count). The van der Waals surface area contributed by atoms with Gasteiger partial charge in [0.05, 0.1) is 11.9 Å². The van der Waals surface area contributed by atoms with Crippen LogP contribution in [0.25, 0.3) is 0 Å². The number of piperidine rings is 1. The third kappa shape index (κ3) is 5.58. The van der Waals surface area contributed by atoms with Gasteiger partial charge in [-0.25, -0.2) is 8.42 Å². The topological polar surface area (TPSA) is 69.7 Å². The molecule has 0 unspecified atom stereocenters. The van der Waals surface area contributed by atoms with Crippen molar-refractivity contribution in [2.24, 2.45) is 5.92 Å². The summed E-state index contributed by atoms with van der Waals surface area (Å²) in [5.74, 6) is -0.0286. The Kier molecular flexibility index (Phi) is 6.59. The Hall–Kier alpha value is -2.38. The third-order valence-electron chi connectivity index (χ3n) is 5.59. The predicted octanol–water partition coefficient (Wildman–Crippen LogP) is 3.24. The number of carbonyl (C=O) groups excluding carboxylic acids is 1. The highest BCUT2D eigenvalue weighted by molar-refractivity contribution is 7.92. The van der Waals surface area contributed by atoms with Gasteiger partial charge in [0.2, 0.25) is 15.9 Å². The molecular formula is C22H29N3O3S. The molecule has 1 saturated heterocycles. The van der Waals surface area contributed by atoms with Crippen molar-refractivity contribution in [1.82, 2.24) is 4.90 Å². The van der Waals surface area contributed by atoms with Crippen LogP contribution in [0, 0.1) is 12.8 Å². The van der Waals surface area contributed by atoms with Gasteiger partial charge in [-0.2, -0.15) is 0 Å². The predicted molar refractivity (Wildman–Crippen MR) is 117 cm³/mol. The van der Waals surface area contributed by atoms with E-state index in [9.17, 15) is 13.2 Å². The van der Waals surface area contributed by atoms with Crippen LogP contribution in [0.15, 0.2) is 48.5 Å². The van der Waals surface area contributed by atoms with Crippen molar-refractivity contribution in [2.75, 3.05) is 36.0 Å². The summed E-state index contributed by atoms with van der Waals surface area (Å²) in [6, 6.07) is 15.3. The van der Waals surface area contributed by atoms with E-state index in [0.717, 1.165) is 38.7 Å². The Bertz CT molecular complexity index is 967. The minimum absolute atomic E-state index is 0.000277. The van der Waals surface area contributed by atoms with Crippen molar-refractivity contribution in [3.63, 3.8) is 0 Å². The van der Waals surface area contributed by atoms with E-state index in [1.807, 2.05) is 0 Å². The molecule has 1 N–H and O–H groups in total. The molecule has 1 amide bonds. The molecule has 1 aliphatic rings. The fraction of sp³-hybridized carbons (Fsp3) is 0.409. The molecule has 0 atom stereocenters. The van der Waals surface area contributed by atoms with Crippen molar-refractivity contribution in [3.05, 3.63) is 59.7 Å². The summed E-state index contributed by atoms with van der Waals surface area (Å²) in [4.78, 5) is 15.1. The molecule has 29 heavy (non-hydrogen) atoms. The van der Waals surface area contributed by atoms with Gasteiger partial charge < -0.3 is 5.32 Å². The molecule has 0 spiro atoms. The number of aryl methyl sites for hydroxylation is 1. The van der Waals surface area contributed by atoms with Crippen molar-refractivity contribution in [1.29, 1.82) is 0 Å². The van der Waals surface area contributed by atoms with Crippen LogP contribution in [-0.2, 0) is 21.4 Å². The highest BCUT2D eigenvalue weighted by atomic mass is 32.2. The van der Waals surface area contributed by atoms with E-state index in [2.05, 4.69) is 41.4 Å². The van der Waals surface area contributed by atoms with E-state index in [4.69, 9.17) is 0 Å². The first-order valence-electron chi connectivity index (χ1n) is 9.86. The van der Waals surface area contributed by atoms with E-state index < -0.39 is 10.0 Å². The lowest BCUT2D eigenvalue weighted by Gasteiger charge is -2.31. The molecule has 1 heterocycles. The zero-order valence-electron chi connectivity index (χ0n) is 17.3. The SMILES string of the molecule is Cc1ccccc1CN1CCC(C(=O)Nc2cccc(N(C)S(C)(=O)=O)c2)CC1. The molecule has 0 radical (unpaired) electrons. The van der Waals surface area contributed by atoms with Crippen LogP contribution in [0.4, 0.5) is 11.4 Å². The fourth-order valence-electron chi connectivity index (χ4n) is 3.60. The number of hydrogen-bond acceptors (Lipinski definition) is 4. The van der Waals surface area contributed by atoms with Crippen LogP contribution >= 0.6 is 0 Å². The first-order valence-corrected chi connectivity index (χ1v) is 11.7. The smallest absolute Gasteiger partial charge is 0.231 e. The van der Waals surface area contributed by atoms with Gasteiger partial charge in [-0.15, -0.1) is 0 Å². The lowest BCUT2D eigenvalue weighted by molar-refractivity contribution is -0.121. The van der Waals surface area contributed by atoms with Crippen LogP contribution in [0.3, 0.4) is 0 Å². The van der Waals surface area contributed by atoms with Crippen LogP contribution in [0.2, 0.25) is 0 Å². The molecule has 2 aromatic carbocycles. The zero-order valence-corrected chi connectivity index (χ0v) is 18.1. The number of hydrogen-bond donors (Lipinski definition) is 1. The Balaban J connectivity index is 1.56. The fourth-order valence-corrected chi connectivity index (χ4v) is 4.09. The van der Waals surface area contributed by atoms with Gasteiger partial charge in [0, 0.05) is 25.2 Å². The molecule has 0 saturated carbocycles. The quantitative estimate of drug-likeness (QED) is 0.786. The number of sulfonamides is 1. The number of nitrogens with zero attached hydrogens (tertiary/aromatic N) is 2. The van der Waals surface area contributed by atoms with Gasteiger partial charge in [-0.05, 0) is 62.2 Å². The van der Waals surface area contributed by atoms with Gasteiger partial charge in [-0.1, -0.05) is 30.3 Å². The van der Waals surface area contributed by atoms with Crippen molar-refractivity contribution < 1.29 is 13.2 Å². The summed E-state index contributed by atoms with van der Waals surface area (Å²) in [6.07, 6.45) is 2.80. The molecule has 0 aromatic heterocycles. The minimum atomic E-state index is -3.34. The Morgan fingerprint density at radius 2 is 1.83 bits per heavy atom. The molecular weight excluding hydrogens is 386 g/mol. The van der Waals surface area contributed by atoms with Gasteiger partial charge in [0.1, 0.15) is 0 Å². The molecule has 7 heteroatoms. The summed E-state index contributed by atoms with van der Waals surface area (Å²) in [5, 5.41) is 2.95.